The minimum absolute atomic E-state index is 0.0776. The van der Waals surface area contributed by atoms with Gasteiger partial charge >= 0.3 is 0 Å². The zero-order valence-electron chi connectivity index (χ0n) is 10.5. The standard InChI is InChI=1S/C15H15NO2/c1-11-6-7-16-10-14(11)15(17)9-12-4-3-5-13(8-12)18-2/h3-8,10H,9H2,1-2H3. The van der Waals surface area contributed by atoms with Gasteiger partial charge in [-0.3, -0.25) is 9.78 Å². The zero-order chi connectivity index (χ0) is 13.0. The minimum atomic E-state index is 0.0776. The fraction of sp³-hybridized carbons (Fsp3) is 0.200. The molecule has 3 heteroatoms. The Morgan fingerprint density at radius 2 is 2.17 bits per heavy atom. The Bertz CT molecular complexity index is 564. The van der Waals surface area contributed by atoms with Crippen molar-refractivity contribution in [3.8, 4) is 5.75 Å². The van der Waals surface area contributed by atoms with E-state index < -0.39 is 0 Å². The number of ether oxygens (including phenoxy) is 1. The number of carbonyl (C=O) groups excluding carboxylic acids is 1. The molecule has 0 N–H and O–H groups in total. The lowest BCUT2D eigenvalue weighted by molar-refractivity contribution is 0.0992. The molecular weight excluding hydrogens is 226 g/mol. The van der Waals surface area contributed by atoms with Gasteiger partial charge in [-0.25, -0.2) is 0 Å². The predicted molar refractivity (Wildman–Crippen MR) is 70.0 cm³/mol. The summed E-state index contributed by atoms with van der Waals surface area (Å²) >= 11 is 0. The molecule has 2 rings (SSSR count). The normalized spacial score (nSPS) is 10.1. The lowest BCUT2D eigenvalue weighted by Crippen LogP contribution is -2.06. The van der Waals surface area contributed by atoms with E-state index >= 15 is 0 Å². The molecule has 0 saturated carbocycles. The molecule has 1 aromatic heterocycles. The topological polar surface area (TPSA) is 39.2 Å². The number of aryl methyl sites for hydroxylation is 1. The number of methoxy groups -OCH3 is 1. The van der Waals surface area contributed by atoms with Gasteiger partial charge in [-0.15, -0.1) is 0 Å². The Balaban J connectivity index is 2.19. The molecule has 0 unspecified atom stereocenters. The third kappa shape index (κ3) is 2.74. The Morgan fingerprint density at radius 1 is 1.33 bits per heavy atom. The number of hydrogen-bond donors (Lipinski definition) is 0. The van der Waals surface area contributed by atoms with Crippen molar-refractivity contribution in [2.45, 2.75) is 13.3 Å². The molecule has 1 heterocycles. The van der Waals surface area contributed by atoms with Gasteiger partial charge in [0.2, 0.25) is 0 Å². The van der Waals surface area contributed by atoms with Crippen molar-refractivity contribution >= 4 is 5.78 Å². The summed E-state index contributed by atoms with van der Waals surface area (Å²) in [5.41, 5.74) is 2.58. The summed E-state index contributed by atoms with van der Waals surface area (Å²) in [4.78, 5) is 16.2. The van der Waals surface area contributed by atoms with Crippen LogP contribution in [0.4, 0.5) is 0 Å². The number of hydrogen-bond acceptors (Lipinski definition) is 3. The molecule has 0 aliphatic heterocycles. The SMILES string of the molecule is COc1cccc(CC(=O)c2cnccc2C)c1. The first-order valence-corrected chi connectivity index (χ1v) is 5.77. The monoisotopic (exact) mass is 241 g/mol. The fourth-order valence-corrected chi connectivity index (χ4v) is 1.82. The quantitative estimate of drug-likeness (QED) is 0.773. The van der Waals surface area contributed by atoms with Gasteiger partial charge in [-0.05, 0) is 36.2 Å². The largest absolute Gasteiger partial charge is 0.497 e. The first-order valence-electron chi connectivity index (χ1n) is 5.77. The molecule has 18 heavy (non-hydrogen) atoms. The summed E-state index contributed by atoms with van der Waals surface area (Å²) in [6.07, 6.45) is 3.68. The van der Waals surface area contributed by atoms with E-state index in [1.807, 2.05) is 37.3 Å². The lowest BCUT2D eigenvalue weighted by atomic mass is 10.0. The van der Waals surface area contributed by atoms with Gasteiger partial charge in [-0.2, -0.15) is 0 Å². The van der Waals surface area contributed by atoms with Crippen molar-refractivity contribution in [3.05, 3.63) is 59.4 Å². The first kappa shape index (κ1) is 12.3. The Hall–Kier alpha value is -2.16. The molecule has 92 valence electrons. The van der Waals surface area contributed by atoms with Gasteiger partial charge in [0.15, 0.2) is 5.78 Å². The summed E-state index contributed by atoms with van der Waals surface area (Å²) < 4.78 is 5.14. The van der Waals surface area contributed by atoms with E-state index in [1.54, 1.807) is 19.5 Å². The molecular formula is C15H15NO2. The van der Waals surface area contributed by atoms with Gasteiger partial charge in [0.1, 0.15) is 5.75 Å². The maximum absolute atomic E-state index is 12.2. The van der Waals surface area contributed by atoms with Crippen LogP contribution in [0.3, 0.4) is 0 Å². The van der Waals surface area contributed by atoms with Crippen LogP contribution in [0.2, 0.25) is 0 Å². The lowest BCUT2D eigenvalue weighted by Gasteiger charge is -2.05. The molecule has 0 saturated heterocycles. The fourth-order valence-electron chi connectivity index (χ4n) is 1.82. The van der Waals surface area contributed by atoms with Gasteiger partial charge in [0.25, 0.3) is 0 Å². The number of pyridine rings is 1. The number of carbonyl (C=O) groups is 1. The van der Waals surface area contributed by atoms with E-state index in [-0.39, 0.29) is 5.78 Å². The van der Waals surface area contributed by atoms with Crippen molar-refractivity contribution in [2.75, 3.05) is 7.11 Å². The summed E-state index contributed by atoms with van der Waals surface area (Å²) in [5, 5.41) is 0. The van der Waals surface area contributed by atoms with E-state index in [1.165, 1.54) is 0 Å². The average Bonchev–Trinajstić information content (AvgIpc) is 2.39. The highest BCUT2D eigenvalue weighted by Gasteiger charge is 2.10. The summed E-state index contributed by atoms with van der Waals surface area (Å²) in [6, 6.07) is 9.40. The molecule has 0 radical (unpaired) electrons. The van der Waals surface area contributed by atoms with E-state index in [0.29, 0.717) is 12.0 Å². The highest BCUT2D eigenvalue weighted by Crippen LogP contribution is 2.15. The first-order chi connectivity index (χ1) is 8.70. The summed E-state index contributed by atoms with van der Waals surface area (Å²) in [7, 11) is 1.62. The Morgan fingerprint density at radius 3 is 2.89 bits per heavy atom. The van der Waals surface area contributed by atoms with Crippen molar-refractivity contribution in [1.29, 1.82) is 0 Å². The van der Waals surface area contributed by atoms with Gasteiger partial charge in [0, 0.05) is 24.4 Å². The number of Topliss-reactive ketones (excluding diaryl/α,β-unsaturated/α-hetero) is 1. The van der Waals surface area contributed by atoms with Crippen LogP contribution < -0.4 is 4.74 Å². The average molecular weight is 241 g/mol. The number of aromatic nitrogens is 1. The molecule has 3 nitrogen and oxygen atoms in total. The molecule has 0 atom stereocenters. The van der Waals surface area contributed by atoms with Gasteiger partial charge in [-0.1, -0.05) is 12.1 Å². The van der Waals surface area contributed by atoms with E-state index in [4.69, 9.17) is 4.74 Å². The summed E-state index contributed by atoms with van der Waals surface area (Å²) in [6.45, 7) is 1.92. The third-order valence-corrected chi connectivity index (χ3v) is 2.84. The Labute approximate surface area is 106 Å². The number of ketones is 1. The predicted octanol–water partition coefficient (Wildman–Crippen LogP) is 2.82. The second kappa shape index (κ2) is 5.45. The molecule has 0 spiro atoms. The minimum Gasteiger partial charge on any atom is -0.497 e. The van der Waals surface area contributed by atoms with Crippen molar-refractivity contribution in [1.82, 2.24) is 4.98 Å². The van der Waals surface area contributed by atoms with Crippen molar-refractivity contribution < 1.29 is 9.53 Å². The highest BCUT2D eigenvalue weighted by molar-refractivity contribution is 5.98. The van der Waals surface area contributed by atoms with Crippen LogP contribution in [0.15, 0.2) is 42.7 Å². The van der Waals surface area contributed by atoms with Crippen LogP contribution in [0.5, 0.6) is 5.75 Å². The molecule has 0 aliphatic rings. The van der Waals surface area contributed by atoms with Crippen LogP contribution in [0.25, 0.3) is 0 Å². The van der Waals surface area contributed by atoms with Crippen molar-refractivity contribution in [3.63, 3.8) is 0 Å². The number of nitrogens with zero attached hydrogens (tertiary/aromatic N) is 1. The molecule has 0 aliphatic carbocycles. The molecule has 0 bridgehead atoms. The van der Waals surface area contributed by atoms with Gasteiger partial charge < -0.3 is 4.74 Å². The number of benzene rings is 1. The van der Waals surface area contributed by atoms with Gasteiger partial charge in [0.05, 0.1) is 7.11 Å². The van der Waals surface area contributed by atoms with Crippen molar-refractivity contribution in [2.24, 2.45) is 0 Å². The van der Waals surface area contributed by atoms with Crippen LogP contribution in [-0.2, 0) is 6.42 Å². The second-order valence-corrected chi connectivity index (χ2v) is 4.14. The van der Waals surface area contributed by atoms with E-state index in [2.05, 4.69) is 4.98 Å². The molecule has 1 aromatic carbocycles. The Kier molecular flexibility index (Phi) is 3.72. The third-order valence-electron chi connectivity index (χ3n) is 2.84. The zero-order valence-corrected chi connectivity index (χ0v) is 10.5. The highest BCUT2D eigenvalue weighted by atomic mass is 16.5. The maximum atomic E-state index is 12.2. The molecule has 0 amide bonds. The molecule has 2 aromatic rings. The van der Waals surface area contributed by atoms with E-state index in [0.717, 1.165) is 16.9 Å². The molecule has 0 fully saturated rings. The van der Waals surface area contributed by atoms with E-state index in [9.17, 15) is 4.79 Å². The van der Waals surface area contributed by atoms with Crippen LogP contribution >= 0.6 is 0 Å². The second-order valence-electron chi connectivity index (χ2n) is 4.14. The van der Waals surface area contributed by atoms with Crippen LogP contribution in [0, 0.1) is 6.92 Å². The number of rotatable bonds is 4. The van der Waals surface area contributed by atoms with Crippen LogP contribution in [-0.4, -0.2) is 17.9 Å². The summed E-state index contributed by atoms with van der Waals surface area (Å²) in [5.74, 6) is 0.845. The maximum Gasteiger partial charge on any atom is 0.169 e. The smallest absolute Gasteiger partial charge is 0.169 e. The van der Waals surface area contributed by atoms with Crippen LogP contribution in [0.1, 0.15) is 21.5 Å².